The van der Waals surface area contributed by atoms with E-state index in [1.165, 1.54) is 0 Å². The quantitative estimate of drug-likeness (QED) is 0.727. The molecule has 3 nitrogen and oxygen atoms in total. The zero-order valence-electron chi connectivity index (χ0n) is 9.28. The molecule has 0 spiro atoms. The largest absolute Gasteiger partial charge is 0.372 e. The summed E-state index contributed by atoms with van der Waals surface area (Å²) in [7, 11) is 0. The second-order valence-electron chi connectivity index (χ2n) is 4.12. The summed E-state index contributed by atoms with van der Waals surface area (Å²) in [6.07, 6.45) is 2.21. The summed E-state index contributed by atoms with van der Waals surface area (Å²) in [6.45, 7) is 5.94. The first kappa shape index (κ1) is 12.4. The second kappa shape index (κ2) is 5.06. The van der Waals surface area contributed by atoms with Crippen molar-refractivity contribution in [1.29, 1.82) is 0 Å². The number of halogens is 2. The molecule has 0 N–H and O–H groups in total. The molecule has 1 aromatic heterocycles. The van der Waals surface area contributed by atoms with Crippen molar-refractivity contribution in [3.8, 4) is 0 Å². The Bertz CT molecular complexity index is 378. The van der Waals surface area contributed by atoms with Gasteiger partial charge in [-0.1, -0.05) is 11.6 Å². The van der Waals surface area contributed by atoms with E-state index in [2.05, 4.69) is 46.3 Å². The number of hydrogen-bond acceptors (Lipinski definition) is 3. The van der Waals surface area contributed by atoms with Gasteiger partial charge in [0.15, 0.2) is 0 Å². The van der Waals surface area contributed by atoms with Crippen LogP contribution in [0.15, 0.2) is 12.3 Å². The van der Waals surface area contributed by atoms with Crippen LogP contribution >= 0.6 is 34.2 Å². The Morgan fingerprint density at radius 1 is 1.44 bits per heavy atom. The first-order valence-electron chi connectivity index (χ1n) is 5.27. The Morgan fingerprint density at radius 3 is 2.62 bits per heavy atom. The SMILES string of the molecule is CC1CN(c2cc(I)c(Cl)cn2)CC(C)O1. The average molecular weight is 353 g/mol. The fourth-order valence-corrected chi connectivity index (χ4v) is 2.46. The van der Waals surface area contributed by atoms with Crippen LogP contribution in [0.4, 0.5) is 5.82 Å². The van der Waals surface area contributed by atoms with Crippen molar-refractivity contribution in [1.82, 2.24) is 4.98 Å². The molecule has 0 aromatic carbocycles. The molecule has 0 aliphatic carbocycles. The van der Waals surface area contributed by atoms with E-state index in [-0.39, 0.29) is 12.2 Å². The highest BCUT2D eigenvalue weighted by atomic mass is 127. The van der Waals surface area contributed by atoms with Gasteiger partial charge in [-0.3, -0.25) is 0 Å². The van der Waals surface area contributed by atoms with Gasteiger partial charge in [0.2, 0.25) is 0 Å². The smallest absolute Gasteiger partial charge is 0.129 e. The molecule has 0 radical (unpaired) electrons. The topological polar surface area (TPSA) is 25.4 Å². The predicted molar refractivity (Wildman–Crippen MR) is 74.2 cm³/mol. The van der Waals surface area contributed by atoms with Crippen molar-refractivity contribution in [3.05, 3.63) is 20.9 Å². The molecule has 1 saturated heterocycles. The Balaban J connectivity index is 2.19. The highest BCUT2D eigenvalue weighted by molar-refractivity contribution is 14.1. The Morgan fingerprint density at radius 2 is 2.06 bits per heavy atom. The minimum absolute atomic E-state index is 0.249. The van der Waals surface area contributed by atoms with Gasteiger partial charge in [0.25, 0.3) is 0 Å². The van der Waals surface area contributed by atoms with Crippen molar-refractivity contribution in [2.24, 2.45) is 0 Å². The van der Waals surface area contributed by atoms with Crippen LogP contribution in [0.5, 0.6) is 0 Å². The third-order valence-electron chi connectivity index (χ3n) is 2.54. The summed E-state index contributed by atoms with van der Waals surface area (Å²) < 4.78 is 6.73. The molecule has 0 amide bonds. The maximum atomic E-state index is 5.96. The molecule has 2 atom stereocenters. The van der Waals surface area contributed by atoms with Gasteiger partial charge in [-0.2, -0.15) is 0 Å². The van der Waals surface area contributed by atoms with Crippen molar-refractivity contribution in [2.45, 2.75) is 26.1 Å². The molecule has 1 aliphatic heterocycles. The van der Waals surface area contributed by atoms with E-state index in [0.29, 0.717) is 5.02 Å². The number of nitrogens with zero attached hydrogens (tertiary/aromatic N) is 2. The summed E-state index contributed by atoms with van der Waals surface area (Å²) in [5, 5.41) is 0.707. The van der Waals surface area contributed by atoms with Gasteiger partial charge >= 0.3 is 0 Å². The minimum Gasteiger partial charge on any atom is -0.372 e. The van der Waals surface area contributed by atoms with E-state index in [0.717, 1.165) is 22.5 Å². The Labute approximate surface area is 114 Å². The van der Waals surface area contributed by atoms with E-state index >= 15 is 0 Å². The van der Waals surface area contributed by atoms with Crippen LogP contribution < -0.4 is 4.90 Å². The monoisotopic (exact) mass is 352 g/mol. The van der Waals surface area contributed by atoms with Crippen molar-refractivity contribution >= 4 is 40.0 Å². The van der Waals surface area contributed by atoms with Crippen LogP contribution in [-0.2, 0) is 4.74 Å². The van der Waals surface area contributed by atoms with Crippen LogP contribution in [-0.4, -0.2) is 30.3 Å². The van der Waals surface area contributed by atoms with Gasteiger partial charge in [0.1, 0.15) is 5.82 Å². The van der Waals surface area contributed by atoms with E-state index in [4.69, 9.17) is 16.3 Å². The number of aromatic nitrogens is 1. The number of rotatable bonds is 1. The second-order valence-corrected chi connectivity index (χ2v) is 5.69. The fourth-order valence-electron chi connectivity index (χ4n) is 1.94. The Hall–Kier alpha value is -0.0700. The lowest BCUT2D eigenvalue weighted by Crippen LogP contribution is -2.45. The number of hydrogen-bond donors (Lipinski definition) is 0. The summed E-state index contributed by atoms with van der Waals surface area (Å²) in [5.74, 6) is 0.982. The molecule has 2 heterocycles. The van der Waals surface area contributed by atoms with Gasteiger partial charge < -0.3 is 9.64 Å². The van der Waals surface area contributed by atoms with E-state index in [1.807, 2.05) is 6.07 Å². The molecular weight excluding hydrogens is 338 g/mol. The molecule has 0 bridgehead atoms. The van der Waals surface area contributed by atoms with Gasteiger partial charge in [0.05, 0.1) is 17.2 Å². The van der Waals surface area contributed by atoms with Crippen LogP contribution in [0.3, 0.4) is 0 Å². The predicted octanol–water partition coefficient (Wildman–Crippen LogP) is 2.95. The zero-order valence-corrected chi connectivity index (χ0v) is 12.2. The average Bonchev–Trinajstić information content (AvgIpc) is 2.20. The lowest BCUT2D eigenvalue weighted by Gasteiger charge is -2.36. The molecule has 88 valence electrons. The van der Waals surface area contributed by atoms with Gasteiger partial charge in [0, 0.05) is 22.9 Å². The molecular formula is C11H14ClIN2O. The maximum absolute atomic E-state index is 5.96. The lowest BCUT2D eigenvalue weighted by molar-refractivity contribution is -0.00546. The van der Waals surface area contributed by atoms with Crippen LogP contribution in [0, 0.1) is 3.57 Å². The number of pyridine rings is 1. The molecule has 1 aromatic rings. The molecule has 2 unspecified atom stereocenters. The third-order valence-corrected chi connectivity index (χ3v) is 4.05. The molecule has 16 heavy (non-hydrogen) atoms. The van der Waals surface area contributed by atoms with E-state index in [9.17, 15) is 0 Å². The third kappa shape index (κ3) is 2.78. The van der Waals surface area contributed by atoms with E-state index in [1.54, 1.807) is 6.20 Å². The molecule has 5 heteroatoms. The van der Waals surface area contributed by atoms with Crippen molar-refractivity contribution < 1.29 is 4.74 Å². The van der Waals surface area contributed by atoms with Crippen LogP contribution in [0.2, 0.25) is 5.02 Å². The number of ether oxygens (including phenoxy) is 1. The van der Waals surface area contributed by atoms with Crippen molar-refractivity contribution in [2.75, 3.05) is 18.0 Å². The summed E-state index contributed by atoms with van der Waals surface area (Å²) in [4.78, 5) is 6.61. The van der Waals surface area contributed by atoms with E-state index < -0.39 is 0 Å². The van der Waals surface area contributed by atoms with Crippen molar-refractivity contribution in [3.63, 3.8) is 0 Å². The highest BCUT2D eigenvalue weighted by Crippen LogP contribution is 2.24. The summed E-state index contributed by atoms with van der Waals surface area (Å²) in [6, 6.07) is 2.02. The number of anilines is 1. The minimum atomic E-state index is 0.249. The Kier molecular flexibility index (Phi) is 3.92. The first-order valence-corrected chi connectivity index (χ1v) is 6.73. The summed E-state index contributed by atoms with van der Waals surface area (Å²) >= 11 is 8.19. The van der Waals surface area contributed by atoms with Gasteiger partial charge in [-0.15, -0.1) is 0 Å². The molecule has 1 fully saturated rings. The van der Waals surface area contributed by atoms with Gasteiger partial charge in [-0.25, -0.2) is 4.98 Å². The van der Waals surface area contributed by atoms with Crippen LogP contribution in [0.1, 0.15) is 13.8 Å². The maximum Gasteiger partial charge on any atom is 0.129 e. The lowest BCUT2D eigenvalue weighted by atomic mass is 10.2. The van der Waals surface area contributed by atoms with Crippen LogP contribution in [0.25, 0.3) is 0 Å². The summed E-state index contributed by atoms with van der Waals surface area (Å²) in [5.41, 5.74) is 0. The van der Waals surface area contributed by atoms with Gasteiger partial charge in [-0.05, 0) is 42.5 Å². The molecule has 2 rings (SSSR count). The number of morpholine rings is 1. The molecule has 0 saturated carbocycles. The fraction of sp³-hybridized carbons (Fsp3) is 0.545. The zero-order chi connectivity index (χ0) is 11.7. The normalized spacial score (nSPS) is 25.9. The highest BCUT2D eigenvalue weighted by Gasteiger charge is 2.23. The molecule has 1 aliphatic rings. The first-order chi connectivity index (χ1) is 7.56. The standard InChI is InChI=1S/C11H14ClIN2O/c1-7-5-15(6-8(2)16-7)11-3-10(13)9(12)4-14-11/h3-4,7-8H,5-6H2,1-2H3.